The summed E-state index contributed by atoms with van der Waals surface area (Å²) in [6.45, 7) is 4.77. The molecule has 2 heterocycles. The van der Waals surface area contributed by atoms with Crippen LogP contribution < -0.4 is 0 Å². The van der Waals surface area contributed by atoms with Crippen LogP contribution in [0.25, 0.3) is 0 Å². The van der Waals surface area contributed by atoms with Crippen LogP contribution in [0.2, 0.25) is 5.02 Å². The lowest BCUT2D eigenvalue weighted by Gasteiger charge is -2.42. The number of hydrogen-bond donors (Lipinski definition) is 0. The van der Waals surface area contributed by atoms with Crippen molar-refractivity contribution in [2.45, 2.75) is 19.3 Å². The molecular formula is C19H27ClN2O2. The molecule has 1 aromatic rings. The van der Waals surface area contributed by atoms with Crippen molar-refractivity contribution in [2.24, 2.45) is 11.3 Å². The minimum Gasteiger partial charge on any atom is -0.384 e. The maximum atomic E-state index is 12.6. The van der Waals surface area contributed by atoms with E-state index in [4.69, 9.17) is 16.3 Å². The monoisotopic (exact) mass is 350 g/mol. The Labute approximate surface area is 149 Å². The number of benzene rings is 1. The van der Waals surface area contributed by atoms with Crippen LogP contribution in [0.3, 0.4) is 0 Å². The molecular weight excluding hydrogens is 324 g/mol. The van der Waals surface area contributed by atoms with Crippen molar-refractivity contribution in [3.63, 3.8) is 0 Å². The van der Waals surface area contributed by atoms with Gasteiger partial charge in [0.25, 0.3) is 0 Å². The second kappa shape index (κ2) is 7.42. The molecule has 24 heavy (non-hydrogen) atoms. The minimum absolute atomic E-state index is 0.224. The molecule has 5 heteroatoms. The Morgan fingerprint density at radius 3 is 2.58 bits per heavy atom. The molecule has 3 rings (SSSR count). The maximum absolute atomic E-state index is 12.6. The topological polar surface area (TPSA) is 32.8 Å². The summed E-state index contributed by atoms with van der Waals surface area (Å²) in [7, 11) is 3.98. The molecule has 0 bridgehead atoms. The van der Waals surface area contributed by atoms with Crippen LogP contribution in [0.15, 0.2) is 24.3 Å². The third kappa shape index (κ3) is 3.76. The maximum Gasteiger partial charge on any atom is 0.226 e. The molecule has 1 unspecified atom stereocenters. The molecule has 1 atom stereocenters. The summed E-state index contributed by atoms with van der Waals surface area (Å²) in [4.78, 5) is 17.0. The molecule has 4 nitrogen and oxygen atoms in total. The predicted octanol–water partition coefficient (Wildman–Crippen LogP) is 2.70. The largest absolute Gasteiger partial charge is 0.384 e. The lowest BCUT2D eigenvalue weighted by Crippen LogP contribution is -2.47. The number of carbonyl (C=O) groups is 1. The van der Waals surface area contributed by atoms with Gasteiger partial charge in [0.1, 0.15) is 0 Å². The molecule has 2 aliphatic rings. The van der Waals surface area contributed by atoms with E-state index < -0.39 is 0 Å². The average molecular weight is 351 g/mol. The van der Waals surface area contributed by atoms with E-state index in [0.29, 0.717) is 22.8 Å². The molecule has 0 N–H and O–H groups in total. The van der Waals surface area contributed by atoms with Gasteiger partial charge in [-0.2, -0.15) is 0 Å². The minimum atomic E-state index is 0.224. The molecule has 132 valence electrons. The first-order valence-corrected chi connectivity index (χ1v) is 9.10. The Morgan fingerprint density at radius 2 is 1.96 bits per heavy atom. The van der Waals surface area contributed by atoms with Crippen LogP contribution in [0, 0.1) is 11.3 Å². The Balaban J connectivity index is 1.58. The number of nitrogens with zero attached hydrogens (tertiary/aromatic N) is 2. The van der Waals surface area contributed by atoms with Gasteiger partial charge in [-0.05, 0) is 43.0 Å². The highest BCUT2D eigenvalue weighted by molar-refractivity contribution is 6.30. The molecule has 2 fully saturated rings. The van der Waals surface area contributed by atoms with E-state index in [1.54, 1.807) is 7.11 Å². The van der Waals surface area contributed by atoms with E-state index in [-0.39, 0.29) is 5.91 Å². The Hall–Kier alpha value is -1.10. The summed E-state index contributed by atoms with van der Waals surface area (Å²) in [6, 6.07) is 7.57. The van der Waals surface area contributed by atoms with Gasteiger partial charge >= 0.3 is 0 Å². The van der Waals surface area contributed by atoms with Crippen molar-refractivity contribution in [2.75, 3.05) is 46.9 Å². The van der Waals surface area contributed by atoms with Crippen LogP contribution in [-0.4, -0.2) is 62.7 Å². The number of rotatable bonds is 4. The highest BCUT2D eigenvalue weighted by Gasteiger charge is 2.47. The molecule has 0 radical (unpaired) electrons. The van der Waals surface area contributed by atoms with Crippen molar-refractivity contribution in [3.8, 4) is 0 Å². The second-order valence-corrected chi connectivity index (χ2v) is 7.83. The number of piperidine rings is 1. The Kier molecular flexibility index (Phi) is 5.48. The van der Waals surface area contributed by atoms with E-state index in [0.717, 1.165) is 51.2 Å². The summed E-state index contributed by atoms with van der Waals surface area (Å²) >= 11 is 5.91. The second-order valence-electron chi connectivity index (χ2n) is 7.40. The fraction of sp³-hybridized carbons (Fsp3) is 0.632. The number of methoxy groups -OCH3 is 1. The first kappa shape index (κ1) is 17.7. The molecule has 0 saturated carbocycles. The van der Waals surface area contributed by atoms with Gasteiger partial charge in [0.2, 0.25) is 5.91 Å². The smallest absolute Gasteiger partial charge is 0.226 e. The van der Waals surface area contributed by atoms with E-state index in [9.17, 15) is 4.79 Å². The SMILES string of the molecule is COCC1CN(C)CC12CCN(C(=O)Cc1ccc(Cl)cc1)CC2. The quantitative estimate of drug-likeness (QED) is 0.837. The van der Waals surface area contributed by atoms with Crippen molar-refractivity contribution in [1.29, 1.82) is 0 Å². The lowest BCUT2D eigenvalue weighted by molar-refractivity contribution is -0.133. The number of hydrogen-bond acceptors (Lipinski definition) is 3. The molecule has 1 amide bonds. The van der Waals surface area contributed by atoms with Gasteiger partial charge in [0, 0.05) is 44.2 Å². The number of amides is 1. The summed E-state index contributed by atoms with van der Waals surface area (Å²) in [5.41, 5.74) is 1.35. The summed E-state index contributed by atoms with van der Waals surface area (Å²) < 4.78 is 5.45. The lowest BCUT2D eigenvalue weighted by atomic mass is 9.71. The molecule has 1 aromatic carbocycles. The normalized spacial score (nSPS) is 23.8. The third-order valence-electron chi connectivity index (χ3n) is 5.73. The zero-order valence-electron chi connectivity index (χ0n) is 14.6. The van der Waals surface area contributed by atoms with Crippen LogP contribution in [0.1, 0.15) is 18.4 Å². The third-order valence-corrected chi connectivity index (χ3v) is 5.98. The predicted molar refractivity (Wildman–Crippen MR) is 96.3 cm³/mol. The van der Waals surface area contributed by atoms with Crippen molar-refractivity contribution >= 4 is 17.5 Å². The molecule has 0 aromatic heterocycles. The van der Waals surface area contributed by atoms with Gasteiger partial charge in [-0.15, -0.1) is 0 Å². The van der Waals surface area contributed by atoms with E-state index in [1.165, 1.54) is 0 Å². The zero-order chi connectivity index (χ0) is 17.2. The molecule has 2 saturated heterocycles. The number of likely N-dealkylation sites (tertiary alicyclic amines) is 2. The fourth-order valence-electron chi connectivity index (χ4n) is 4.39. The van der Waals surface area contributed by atoms with Crippen molar-refractivity contribution in [3.05, 3.63) is 34.9 Å². The highest BCUT2D eigenvalue weighted by Crippen LogP contribution is 2.44. The van der Waals surface area contributed by atoms with Crippen molar-refractivity contribution in [1.82, 2.24) is 9.80 Å². The van der Waals surface area contributed by atoms with Gasteiger partial charge in [0.15, 0.2) is 0 Å². The first-order valence-electron chi connectivity index (χ1n) is 8.72. The van der Waals surface area contributed by atoms with E-state index in [2.05, 4.69) is 11.9 Å². The number of ether oxygens (including phenoxy) is 1. The summed E-state index contributed by atoms with van der Waals surface area (Å²) in [6.07, 6.45) is 2.63. The summed E-state index contributed by atoms with van der Waals surface area (Å²) in [5, 5.41) is 0.709. The highest BCUT2D eigenvalue weighted by atomic mass is 35.5. The van der Waals surface area contributed by atoms with E-state index in [1.807, 2.05) is 29.2 Å². The van der Waals surface area contributed by atoms with Crippen molar-refractivity contribution < 1.29 is 9.53 Å². The standard InChI is InChI=1S/C19H27ClN2O2/c1-21-12-16(13-24-2)19(14-21)7-9-22(10-8-19)18(23)11-15-3-5-17(20)6-4-15/h3-6,16H,7-14H2,1-2H3. The van der Waals surface area contributed by atoms with Gasteiger partial charge in [-0.3, -0.25) is 4.79 Å². The Bertz CT molecular complexity index is 567. The van der Waals surface area contributed by atoms with Crippen LogP contribution in [0.4, 0.5) is 0 Å². The van der Waals surface area contributed by atoms with Crippen LogP contribution >= 0.6 is 11.6 Å². The van der Waals surface area contributed by atoms with Gasteiger partial charge in [-0.25, -0.2) is 0 Å². The van der Waals surface area contributed by atoms with Crippen LogP contribution in [0.5, 0.6) is 0 Å². The number of halogens is 1. The van der Waals surface area contributed by atoms with E-state index >= 15 is 0 Å². The molecule has 0 aliphatic carbocycles. The average Bonchev–Trinajstić information content (AvgIpc) is 2.86. The molecule has 1 spiro atoms. The van der Waals surface area contributed by atoms with Gasteiger partial charge < -0.3 is 14.5 Å². The first-order chi connectivity index (χ1) is 11.5. The van der Waals surface area contributed by atoms with Gasteiger partial charge in [-0.1, -0.05) is 23.7 Å². The Morgan fingerprint density at radius 1 is 1.29 bits per heavy atom. The van der Waals surface area contributed by atoms with Crippen LogP contribution in [-0.2, 0) is 16.0 Å². The molecule has 2 aliphatic heterocycles. The fourth-order valence-corrected chi connectivity index (χ4v) is 4.51. The zero-order valence-corrected chi connectivity index (χ0v) is 15.4. The summed E-state index contributed by atoms with van der Waals surface area (Å²) in [5.74, 6) is 0.808. The number of carbonyl (C=O) groups excluding carboxylic acids is 1. The van der Waals surface area contributed by atoms with Gasteiger partial charge in [0.05, 0.1) is 13.0 Å².